The molecule has 7 aromatic rings. The summed E-state index contributed by atoms with van der Waals surface area (Å²) < 4.78 is 25.4. The maximum Gasteiger partial charge on any atom is 0.330 e. The molecule has 1 aliphatic carbocycles. The molecule has 2 atom stereocenters. The van der Waals surface area contributed by atoms with E-state index in [9.17, 15) is 24.0 Å². The van der Waals surface area contributed by atoms with Gasteiger partial charge >= 0.3 is 5.69 Å². The molecule has 0 radical (unpaired) electrons. The molecule has 0 spiro atoms. The number of nitrogens with zero attached hydrogens (tertiary/aromatic N) is 10. The minimum atomic E-state index is -0.703. The molecule has 74 heavy (non-hydrogen) atoms. The van der Waals surface area contributed by atoms with Crippen molar-refractivity contribution in [3.05, 3.63) is 140 Å². The van der Waals surface area contributed by atoms with Crippen LogP contribution < -0.4 is 26.8 Å². The van der Waals surface area contributed by atoms with Crippen LogP contribution >= 0.6 is 0 Å². The predicted octanol–water partition coefficient (Wildman–Crippen LogP) is 6.80. The first-order valence-electron chi connectivity index (χ1n) is 26.1. The number of anilines is 2. The van der Waals surface area contributed by atoms with Crippen molar-refractivity contribution in [3.63, 3.8) is 0 Å². The number of halogens is 1. The Morgan fingerprint density at radius 2 is 1.72 bits per heavy atom. The summed E-state index contributed by atoms with van der Waals surface area (Å²) in [5, 5.41) is 11.3. The van der Waals surface area contributed by atoms with Crippen LogP contribution in [0.15, 0.2) is 88.7 Å². The molecule has 2 saturated heterocycles. The molecule has 3 amide bonds. The quantitative estimate of drug-likeness (QED) is 0.132. The first kappa shape index (κ1) is 47.4. The molecular weight excluding hydrogens is 940 g/mol. The molecule has 2 N–H and O–H groups in total. The van der Waals surface area contributed by atoms with Gasteiger partial charge in [0.25, 0.3) is 11.5 Å². The zero-order valence-electron chi connectivity index (χ0n) is 42.3. The number of carbonyl (C=O) groups excluding carboxylic acids is 3. The molecule has 5 aliphatic rings. The van der Waals surface area contributed by atoms with Gasteiger partial charge in [-0.3, -0.25) is 47.8 Å². The third-order valence-electron chi connectivity index (χ3n) is 16.4. The third-order valence-corrected chi connectivity index (χ3v) is 16.4. The van der Waals surface area contributed by atoms with E-state index in [-0.39, 0.29) is 47.4 Å². The van der Waals surface area contributed by atoms with E-state index >= 15 is 4.39 Å². The monoisotopic (exact) mass is 1000 g/mol. The number of hydrogen-bond donors (Lipinski definition) is 2. The Morgan fingerprint density at radius 1 is 0.892 bits per heavy atom. The fourth-order valence-corrected chi connectivity index (χ4v) is 12.2. The van der Waals surface area contributed by atoms with Crippen LogP contribution in [0.5, 0.6) is 0 Å². The Kier molecular flexibility index (Phi) is 12.0. The summed E-state index contributed by atoms with van der Waals surface area (Å²) in [4.78, 5) is 76.8. The normalized spacial score (nSPS) is 19.3. The number of amides is 3. The molecule has 0 bridgehead atoms. The number of imidazole rings is 1. The number of nitrogens with one attached hydrogen (secondary N) is 2. The Balaban J connectivity index is 0.672. The van der Waals surface area contributed by atoms with Gasteiger partial charge in [-0.2, -0.15) is 5.10 Å². The summed E-state index contributed by atoms with van der Waals surface area (Å²) in [6.07, 6.45) is 11.5. The smallest absolute Gasteiger partial charge is 0.330 e. The highest BCUT2D eigenvalue weighted by molar-refractivity contribution is 6.00. The summed E-state index contributed by atoms with van der Waals surface area (Å²) in [6, 6.07) is 18.3. The molecule has 17 nitrogen and oxygen atoms in total. The van der Waals surface area contributed by atoms with E-state index < -0.39 is 11.9 Å². The van der Waals surface area contributed by atoms with Crippen molar-refractivity contribution in [2.45, 2.75) is 96.4 Å². The van der Waals surface area contributed by atoms with Crippen molar-refractivity contribution in [1.29, 1.82) is 0 Å². The molecule has 5 aromatic heterocycles. The second-order valence-electron chi connectivity index (χ2n) is 21.0. The van der Waals surface area contributed by atoms with Gasteiger partial charge in [-0.15, -0.1) is 0 Å². The number of rotatable bonds is 11. The summed E-state index contributed by atoms with van der Waals surface area (Å²) in [7, 11) is 3.79. The van der Waals surface area contributed by atoms with Crippen LogP contribution in [-0.2, 0) is 36.1 Å². The van der Waals surface area contributed by atoms with E-state index in [1.54, 1.807) is 39.5 Å². The van der Waals surface area contributed by atoms with Gasteiger partial charge in [-0.1, -0.05) is 6.08 Å². The Hall–Kier alpha value is -7.60. The molecule has 382 valence electrons. The lowest BCUT2D eigenvalue weighted by Crippen LogP contribution is -2.44. The van der Waals surface area contributed by atoms with E-state index in [0.29, 0.717) is 56.1 Å². The number of hydrogen-bond acceptors (Lipinski definition) is 10. The van der Waals surface area contributed by atoms with E-state index in [1.807, 2.05) is 53.6 Å². The van der Waals surface area contributed by atoms with Crippen molar-refractivity contribution in [2.75, 3.05) is 50.0 Å². The van der Waals surface area contributed by atoms with E-state index in [2.05, 4.69) is 61.2 Å². The number of pyridine rings is 2. The van der Waals surface area contributed by atoms with Crippen LogP contribution in [-0.4, -0.2) is 100 Å². The van der Waals surface area contributed by atoms with Gasteiger partial charge in [-0.05, 0) is 130 Å². The van der Waals surface area contributed by atoms with Crippen molar-refractivity contribution < 1.29 is 18.8 Å². The standard InChI is InChI=1S/C56H61FN12O5/c1-33-25-37(27-44(57)52(33)36-14-20-63(21-15-36)34(2)48-31-43-45(11-17-59-53(43)62(48)4)66-22-16-38(58-3)29-51(66)71)55(73)65-23-24-67-42(32-65)28-39(61-67)26-35-12-18-64(19-13-35)41-7-8-46-49(30-41)68(40-5-6-40)56(74)69(46)47-9-10-50(70)60-54(47)72/h7-8,11,14,16-17,22,25,27-31,34-35,40,47,58H,5-6,9-10,12-13,15,18-21,23-24,26,32H2,1-4H3,(H,60,70,72)/t34-,47?/m0/s1. The number of imide groups is 1. The van der Waals surface area contributed by atoms with Gasteiger partial charge in [0.05, 0.1) is 41.2 Å². The Bertz CT molecular complexity index is 3560. The van der Waals surface area contributed by atoms with Crippen molar-refractivity contribution in [2.24, 2.45) is 13.0 Å². The second-order valence-corrected chi connectivity index (χ2v) is 21.0. The largest absolute Gasteiger partial charge is 0.388 e. The van der Waals surface area contributed by atoms with Gasteiger partial charge in [-0.25, -0.2) is 14.2 Å². The number of fused-ring (bicyclic) bond motifs is 3. The zero-order valence-corrected chi connectivity index (χ0v) is 42.3. The number of piperidine rings is 2. The number of aromatic nitrogens is 7. The van der Waals surface area contributed by atoms with Crippen molar-refractivity contribution in [3.8, 4) is 5.69 Å². The lowest BCUT2D eigenvalue weighted by molar-refractivity contribution is -0.135. The second kappa shape index (κ2) is 18.7. The number of carbonyl (C=O) groups is 3. The van der Waals surface area contributed by atoms with Crippen LogP contribution in [0, 0.1) is 18.7 Å². The van der Waals surface area contributed by atoms with Crippen molar-refractivity contribution in [1.82, 2.24) is 48.1 Å². The van der Waals surface area contributed by atoms with Gasteiger partial charge in [0.15, 0.2) is 0 Å². The Morgan fingerprint density at radius 3 is 2.45 bits per heavy atom. The summed E-state index contributed by atoms with van der Waals surface area (Å²) in [5.41, 5.74) is 10.3. The third kappa shape index (κ3) is 8.41. The molecule has 9 heterocycles. The number of aryl methyl sites for hydroxylation is 2. The minimum absolute atomic E-state index is 0.0189. The molecule has 4 aliphatic heterocycles. The lowest BCUT2D eigenvalue weighted by atomic mass is 9.92. The van der Waals surface area contributed by atoms with Crippen LogP contribution in [0.25, 0.3) is 33.3 Å². The molecule has 2 aromatic carbocycles. The Labute approximate surface area is 426 Å². The van der Waals surface area contributed by atoms with E-state index in [1.165, 1.54) is 6.07 Å². The highest BCUT2D eigenvalue weighted by Gasteiger charge is 2.36. The van der Waals surface area contributed by atoms with Crippen LogP contribution in [0.4, 0.5) is 15.8 Å². The minimum Gasteiger partial charge on any atom is -0.388 e. The molecule has 18 heteroatoms. The lowest BCUT2D eigenvalue weighted by Gasteiger charge is -2.33. The molecule has 3 fully saturated rings. The summed E-state index contributed by atoms with van der Waals surface area (Å²) >= 11 is 0. The molecular formula is C56H61FN12O5. The van der Waals surface area contributed by atoms with Gasteiger partial charge in [0, 0.05) is 117 Å². The zero-order chi connectivity index (χ0) is 51.1. The number of benzene rings is 2. The van der Waals surface area contributed by atoms with E-state index in [0.717, 1.165) is 119 Å². The SMILES string of the molecule is CNc1ccn(-c2ccnc3c2cc([C@H](C)N2CC=C(c4c(C)cc(C(=O)N5CCn6nc(CC7CCN(c8ccc9c(c8)n(C8CC8)c(=O)n9C8CCC(=O)NC8=O)CC7)cc6C5)cc4F)CC2)n3C)c(=O)c1. The highest BCUT2D eigenvalue weighted by atomic mass is 19.1. The fraction of sp³-hybridized carbons (Fsp3) is 0.411. The van der Waals surface area contributed by atoms with Crippen LogP contribution in [0.2, 0.25) is 0 Å². The maximum absolute atomic E-state index is 16.2. The van der Waals surface area contributed by atoms with Crippen LogP contribution in [0.3, 0.4) is 0 Å². The van der Waals surface area contributed by atoms with Gasteiger partial charge in [0.1, 0.15) is 17.5 Å². The van der Waals surface area contributed by atoms with Crippen LogP contribution in [0.1, 0.15) is 109 Å². The van der Waals surface area contributed by atoms with Gasteiger partial charge in [0.2, 0.25) is 11.8 Å². The first-order valence-corrected chi connectivity index (χ1v) is 26.1. The fourth-order valence-electron chi connectivity index (χ4n) is 12.2. The summed E-state index contributed by atoms with van der Waals surface area (Å²) in [5.74, 6) is -0.854. The average molecular weight is 1000 g/mol. The van der Waals surface area contributed by atoms with E-state index in [4.69, 9.17) is 5.10 Å². The molecule has 12 rings (SSSR count). The summed E-state index contributed by atoms with van der Waals surface area (Å²) in [6.45, 7) is 8.59. The van der Waals surface area contributed by atoms with Crippen molar-refractivity contribution >= 4 is 56.7 Å². The topological polar surface area (TPSA) is 170 Å². The maximum atomic E-state index is 16.2. The highest BCUT2D eigenvalue weighted by Crippen LogP contribution is 2.39. The average Bonchev–Trinajstić information content (AvgIpc) is 3.97. The predicted molar refractivity (Wildman–Crippen MR) is 281 cm³/mol. The molecule has 1 unspecified atom stereocenters. The molecule has 1 saturated carbocycles. The first-order chi connectivity index (χ1) is 35.8. The van der Waals surface area contributed by atoms with Gasteiger partial charge < -0.3 is 19.7 Å².